The Bertz CT molecular complexity index is 669. The highest BCUT2D eigenvalue weighted by Gasteiger charge is 2.25. The Hall–Kier alpha value is -2.01. The Morgan fingerprint density at radius 1 is 1.37 bits per heavy atom. The molecule has 6 heteroatoms. The minimum absolute atomic E-state index is 0.141. The molecule has 0 aliphatic rings. The van der Waals surface area contributed by atoms with Gasteiger partial charge in [-0.05, 0) is 19.1 Å². The lowest BCUT2D eigenvalue weighted by molar-refractivity contribution is -0.138. The van der Waals surface area contributed by atoms with E-state index in [0.29, 0.717) is 16.3 Å². The van der Waals surface area contributed by atoms with Crippen LogP contribution in [0.25, 0.3) is 11.3 Å². The summed E-state index contributed by atoms with van der Waals surface area (Å²) in [6.45, 7) is 1.47. The van der Waals surface area contributed by atoms with Gasteiger partial charge >= 0.3 is 11.7 Å². The molecule has 100 valence electrons. The summed E-state index contributed by atoms with van der Waals surface area (Å²) in [6, 6.07) is 6.77. The summed E-state index contributed by atoms with van der Waals surface area (Å²) in [7, 11) is 1.54. The second-order valence-corrected chi connectivity index (χ2v) is 4.64. The van der Waals surface area contributed by atoms with E-state index in [9.17, 15) is 9.59 Å². The van der Waals surface area contributed by atoms with Crippen LogP contribution < -0.4 is 5.76 Å². The first kappa shape index (κ1) is 13.4. The molecule has 5 nitrogen and oxygen atoms in total. The van der Waals surface area contributed by atoms with Crippen molar-refractivity contribution in [2.24, 2.45) is 7.05 Å². The number of aliphatic carboxylic acids is 1. The van der Waals surface area contributed by atoms with Gasteiger partial charge in [-0.25, -0.2) is 4.79 Å². The van der Waals surface area contributed by atoms with E-state index in [1.54, 1.807) is 24.3 Å². The molecular weight excluding hydrogens is 270 g/mol. The van der Waals surface area contributed by atoms with Gasteiger partial charge in [0.25, 0.3) is 0 Å². The summed E-state index contributed by atoms with van der Waals surface area (Å²) >= 11 is 5.81. The number of carbonyl (C=O) groups is 1. The average Bonchev–Trinajstić information content (AvgIpc) is 2.66. The van der Waals surface area contributed by atoms with Crippen molar-refractivity contribution >= 4 is 17.6 Å². The zero-order valence-electron chi connectivity index (χ0n) is 10.4. The number of halogens is 1. The third kappa shape index (κ3) is 2.42. The number of oxazole rings is 1. The second kappa shape index (κ2) is 4.93. The topological polar surface area (TPSA) is 72.4 Å². The van der Waals surface area contributed by atoms with Crippen LogP contribution in [-0.2, 0) is 11.8 Å². The van der Waals surface area contributed by atoms with E-state index in [1.165, 1.54) is 18.5 Å². The summed E-state index contributed by atoms with van der Waals surface area (Å²) in [5.41, 5.74) is 1.14. The van der Waals surface area contributed by atoms with Crippen molar-refractivity contribution < 1.29 is 14.3 Å². The Labute approximate surface area is 114 Å². The lowest BCUT2D eigenvalue weighted by Crippen LogP contribution is -2.10. The number of hydrogen-bond donors (Lipinski definition) is 1. The van der Waals surface area contributed by atoms with Crippen molar-refractivity contribution in [3.63, 3.8) is 0 Å². The van der Waals surface area contributed by atoms with E-state index in [4.69, 9.17) is 21.1 Å². The molecule has 1 aromatic carbocycles. The summed E-state index contributed by atoms with van der Waals surface area (Å²) in [6.07, 6.45) is 0. The predicted octanol–water partition coefficient (Wildman–Crippen LogP) is 2.49. The van der Waals surface area contributed by atoms with Gasteiger partial charge in [0.1, 0.15) is 11.7 Å². The normalized spacial score (nSPS) is 12.4. The Balaban J connectivity index is 2.65. The smallest absolute Gasteiger partial charge is 0.419 e. The Morgan fingerprint density at radius 3 is 2.47 bits per heavy atom. The lowest BCUT2D eigenvalue weighted by Gasteiger charge is -2.07. The number of nitrogens with zero attached hydrogens (tertiary/aromatic N) is 1. The maximum atomic E-state index is 11.6. The zero-order chi connectivity index (χ0) is 14.2. The third-order valence-corrected chi connectivity index (χ3v) is 3.17. The van der Waals surface area contributed by atoms with E-state index < -0.39 is 17.6 Å². The summed E-state index contributed by atoms with van der Waals surface area (Å²) < 4.78 is 6.34. The van der Waals surface area contributed by atoms with Gasteiger partial charge in [-0.15, -0.1) is 0 Å². The number of rotatable bonds is 3. The Kier molecular flexibility index (Phi) is 3.48. The molecule has 0 spiro atoms. The minimum Gasteiger partial charge on any atom is -0.481 e. The zero-order valence-corrected chi connectivity index (χ0v) is 11.1. The van der Waals surface area contributed by atoms with Crippen LogP contribution in [0.5, 0.6) is 0 Å². The fourth-order valence-electron chi connectivity index (χ4n) is 1.82. The van der Waals surface area contributed by atoms with E-state index >= 15 is 0 Å². The minimum atomic E-state index is -1.05. The second-order valence-electron chi connectivity index (χ2n) is 4.21. The average molecular weight is 282 g/mol. The van der Waals surface area contributed by atoms with Crippen molar-refractivity contribution in [1.82, 2.24) is 4.57 Å². The number of carboxylic acid groups (broad SMARTS) is 1. The number of benzene rings is 1. The van der Waals surface area contributed by atoms with Crippen LogP contribution in [0, 0.1) is 0 Å². The molecule has 2 aromatic rings. The molecule has 0 saturated heterocycles. The van der Waals surface area contributed by atoms with Crippen LogP contribution in [0.1, 0.15) is 18.6 Å². The van der Waals surface area contributed by atoms with Crippen molar-refractivity contribution in [1.29, 1.82) is 0 Å². The van der Waals surface area contributed by atoms with Gasteiger partial charge in [-0.2, -0.15) is 0 Å². The number of hydrogen-bond acceptors (Lipinski definition) is 3. The van der Waals surface area contributed by atoms with Crippen molar-refractivity contribution in [3.05, 3.63) is 45.6 Å². The molecule has 1 aromatic heterocycles. The monoisotopic (exact) mass is 281 g/mol. The molecule has 19 heavy (non-hydrogen) atoms. The van der Waals surface area contributed by atoms with E-state index in [1.807, 2.05) is 0 Å². The van der Waals surface area contributed by atoms with E-state index in [0.717, 1.165) is 0 Å². The molecule has 0 radical (unpaired) electrons. The highest BCUT2D eigenvalue weighted by molar-refractivity contribution is 6.30. The van der Waals surface area contributed by atoms with Crippen molar-refractivity contribution in [2.75, 3.05) is 0 Å². The molecule has 0 aliphatic carbocycles. The fourth-order valence-corrected chi connectivity index (χ4v) is 1.94. The highest BCUT2D eigenvalue weighted by atomic mass is 35.5. The molecule has 1 heterocycles. The third-order valence-electron chi connectivity index (χ3n) is 2.92. The maximum absolute atomic E-state index is 11.6. The van der Waals surface area contributed by atoms with Crippen molar-refractivity contribution in [2.45, 2.75) is 12.8 Å². The van der Waals surface area contributed by atoms with Crippen LogP contribution in [-0.4, -0.2) is 15.6 Å². The molecule has 0 amide bonds. The fraction of sp³-hybridized carbons (Fsp3) is 0.231. The lowest BCUT2D eigenvalue weighted by atomic mass is 10.0. The summed E-state index contributed by atoms with van der Waals surface area (Å²) in [4.78, 5) is 22.7. The molecule has 0 saturated carbocycles. The highest BCUT2D eigenvalue weighted by Crippen LogP contribution is 2.29. The van der Waals surface area contributed by atoms with Crippen LogP contribution in [0.2, 0.25) is 5.02 Å². The Morgan fingerprint density at radius 2 is 1.95 bits per heavy atom. The quantitative estimate of drug-likeness (QED) is 0.938. The van der Waals surface area contributed by atoms with Gasteiger partial charge in [0.05, 0.1) is 5.69 Å². The first-order valence-electron chi connectivity index (χ1n) is 5.60. The van der Waals surface area contributed by atoms with Gasteiger partial charge in [0, 0.05) is 17.6 Å². The standard InChI is InChI=1S/C13H12ClNO4/c1-7(12(16)17)11-10(15(2)13(18)19-11)8-3-5-9(14)6-4-8/h3-7H,1-2H3,(H,16,17). The van der Waals surface area contributed by atoms with Crippen molar-refractivity contribution in [3.8, 4) is 11.3 Å². The largest absolute Gasteiger partial charge is 0.481 e. The first-order valence-corrected chi connectivity index (χ1v) is 5.98. The molecule has 2 rings (SSSR count). The summed E-state index contributed by atoms with van der Waals surface area (Å²) in [5.74, 6) is -2.40. The molecule has 0 fully saturated rings. The molecular formula is C13H12ClNO4. The van der Waals surface area contributed by atoms with Gasteiger partial charge < -0.3 is 9.52 Å². The van der Waals surface area contributed by atoms with Gasteiger partial charge in [-0.3, -0.25) is 9.36 Å². The maximum Gasteiger partial charge on any atom is 0.419 e. The number of aromatic nitrogens is 1. The number of carboxylic acids is 1. The molecule has 1 N–H and O–H groups in total. The van der Waals surface area contributed by atoms with Crippen LogP contribution in [0.3, 0.4) is 0 Å². The summed E-state index contributed by atoms with van der Waals surface area (Å²) in [5, 5.41) is 9.62. The molecule has 0 bridgehead atoms. The molecule has 0 aliphatic heterocycles. The SMILES string of the molecule is CC(C(=O)O)c1oc(=O)n(C)c1-c1ccc(Cl)cc1. The molecule has 1 atom stereocenters. The molecule has 1 unspecified atom stereocenters. The first-order chi connectivity index (χ1) is 8.91. The van der Waals surface area contributed by atoms with E-state index in [-0.39, 0.29) is 5.76 Å². The van der Waals surface area contributed by atoms with Crippen LogP contribution >= 0.6 is 11.6 Å². The van der Waals surface area contributed by atoms with Gasteiger partial charge in [-0.1, -0.05) is 23.7 Å². The van der Waals surface area contributed by atoms with Crippen LogP contribution in [0.4, 0.5) is 0 Å². The van der Waals surface area contributed by atoms with E-state index in [2.05, 4.69) is 0 Å². The van der Waals surface area contributed by atoms with Gasteiger partial charge in [0.15, 0.2) is 0 Å². The predicted molar refractivity (Wildman–Crippen MR) is 70.4 cm³/mol. The van der Waals surface area contributed by atoms with Crippen LogP contribution in [0.15, 0.2) is 33.5 Å². The van der Waals surface area contributed by atoms with Gasteiger partial charge in [0.2, 0.25) is 0 Å².